The van der Waals surface area contributed by atoms with Crippen molar-refractivity contribution >= 4 is 0 Å². The van der Waals surface area contributed by atoms with Gasteiger partial charge in [0.25, 0.3) is 0 Å². The van der Waals surface area contributed by atoms with E-state index in [1.807, 2.05) is 0 Å². The molecule has 2 N–H and O–H groups in total. The van der Waals surface area contributed by atoms with Crippen LogP contribution in [-0.4, -0.2) is 18.1 Å². The zero-order valence-electron chi connectivity index (χ0n) is 12.4. The van der Waals surface area contributed by atoms with Crippen molar-refractivity contribution in [2.24, 2.45) is 0 Å². The number of nitrogens with one attached hydrogen (secondary N) is 2. The van der Waals surface area contributed by atoms with Crippen molar-refractivity contribution < 1.29 is 0 Å². The Hall–Kier alpha value is -0.860. The van der Waals surface area contributed by atoms with E-state index in [1.54, 1.807) is 0 Å². The van der Waals surface area contributed by atoms with E-state index in [1.165, 1.54) is 28.7 Å². The van der Waals surface area contributed by atoms with E-state index in [0.29, 0.717) is 6.04 Å². The lowest BCUT2D eigenvalue weighted by atomic mass is 9.98. The van der Waals surface area contributed by atoms with Crippen LogP contribution >= 0.6 is 0 Å². The first-order chi connectivity index (χ1) is 8.37. The molecule has 1 saturated heterocycles. The first-order valence-corrected chi connectivity index (χ1v) is 6.92. The Morgan fingerprint density at radius 2 is 1.83 bits per heavy atom. The van der Waals surface area contributed by atoms with Crippen LogP contribution in [0.15, 0.2) is 12.1 Å². The Labute approximate surface area is 111 Å². The monoisotopic (exact) mass is 246 g/mol. The van der Waals surface area contributed by atoms with Crippen molar-refractivity contribution in [3.05, 3.63) is 34.4 Å². The molecule has 1 aliphatic heterocycles. The van der Waals surface area contributed by atoms with Gasteiger partial charge >= 0.3 is 0 Å². The fourth-order valence-corrected chi connectivity index (χ4v) is 3.04. The molecule has 2 heteroatoms. The standard InChI is InChI=1S/C16H26N2/c1-11-6-12(2)15(13(3)7-11)10-17-14-8-16(4,5)18-9-14/h6-7,14,17-18H,8-10H2,1-5H3. The van der Waals surface area contributed by atoms with Crippen molar-refractivity contribution in [2.75, 3.05) is 6.54 Å². The van der Waals surface area contributed by atoms with Crippen LogP contribution in [0.1, 0.15) is 42.5 Å². The maximum Gasteiger partial charge on any atom is 0.0213 e. The highest BCUT2D eigenvalue weighted by Gasteiger charge is 2.29. The van der Waals surface area contributed by atoms with E-state index in [0.717, 1.165) is 13.1 Å². The van der Waals surface area contributed by atoms with Gasteiger partial charge in [-0.1, -0.05) is 17.7 Å². The summed E-state index contributed by atoms with van der Waals surface area (Å²) in [6, 6.07) is 5.15. The van der Waals surface area contributed by atoms with Gasteiger partial charge in [-0.25, -0.2) is 0 Å². The Morgan fingerprint density at radius 3 is 2.33 bits per heavy atom. The zero-order chi connectivity index (χ0) is 13.3. The molecule has 1 unspecified atom stereocenters. The summed E-state index contributed by atoms with van der Waals surface area (Å²) in [5.74, 6) is 0. The Morgan fingerprint density at radius 1 is 1.22 bits per heavy atom. The quantitative estimate of drug-likeness (QED) is 0.857. The lowest BCUT2D eigenvalue weighted by Gasteiger charge is -2.18. The predicted octanol–water partition coefficient (Wildman–Crippen LogP) is 2.84. The van der Waals surface area contributed by atoms with Gasteiger partial charge in [-0.3, -0.25) is 0 Å². The summed E-state index contributed by atoms with van der Waals surface area (Å²) in [6.07, 6.45) is 1.21. The van der Waals surface area contributed by atoms with Crippen LogP contribution in [-0.2, 0) is 6.54 Å². The lowest BCUT2D eigenvalue weighted by molar-refractivity contribution is 0.441. The third kappa shape index (κ3) is 3.12. The molecule has 1 heterocycles. The molecule has 1 fully saturated rings. The number of hydrogen-bond acceptors (Lipinski definition) is 2. The summed E-state index contributed by atoms with van der Waals surface area (Å²) in [7, 11) is 0. The van der Waals surface area contributed by atoms with E-state index < -0.39 is 0 Å². The Bertz CT molecular complexity index is 412. The predicted molar refractivity (Wildman–Crippen MR) is 78.0 cm³/mol. The third-order valence-corrected chi connectivity index (χ3v) is 3.99. The summed E-state index contributed by atoms with van der Waals surface area (Å²) in [6.45, 7) is 13.2. The number of hydrogen-bond donors (Lipinski definition) is 2. The molecule has 1 atom stereocenters. The fraction of sp³-hybridized carbons (Fsp3) is 0.625. The van der Waals surface area contributed by atoms with Gasteiger partial charge in [0.1, 0.15) is 0 Å². The van der Waals surface area contributed by atoms with E-state index in [4.69, 9.17) is 0 Å². The minimum Gasteiger partial charge on any atom is -0.310 e. The minimum atomic E-state index is 0.287. The molecule has 1 aliphatic rings. The van der Waals surface area contributed by atoms with Crippen molar-refractivity contribution in [2.45, 2.75) is 59.2 Å². The smallest absolute Gasteiger partial charge is 0.0213 e. The molecule has 18 heavy (non-hydrogen) atoms. The van der Waals surface area contributed by atoms with Crippen LogP contribution in [0.2, 0.25) is 0 Å². The van der Waals surface area contributed by atoms with Crippen molar-refractivity contribution in [1.82, 2.24) is 10.6 Å². The summed E-state index contributed by atoms with van der Waals surface area (Å²) >= 11 is 0. The second kappa shape index (κ2) is 5.02. The SMILES string of the molecule is Cc1cc(C)c(CNC2CNC(C)(C)C2)c(C)c1. The lowest BCUT2D eigenvalue weighted by Crippen LogP contribution is -2.31. The molecular weight excluding hydrogens is 220 g/mol. The Balaban J connectivity index is 1.99. The van der Waals surface area contributed by atoms with Gasteiger partial charge in [-0.05, 0) is 57.7 Å². The van der Waals surface area contributed by atoms with E-state index in [9.17, 15) is 0 Å². The zero-order valence-corrected chi connectivity index (χ0v) is 12.4. The average Bonchev–Trinajstić information content (AvgIpc) is 2.56. The van der Waals surface area contributed by atoms with Gasteiger partial charge in [0.05, 0.1) is 0 Å². The van der Waals surface area contributed by atoms with Gasteiger partial charge in [0, 0.05) is 24.7 Å². The molecule has 0 amide bonds. The maximum absolute atomic E-state index is 3.69. The molecule has 0 bridgehead atoms. The first-order valence-electron chi connectivity index (χ1n) is 6.92. The van der Waals surface area contributed by atoms with Crippen LogP contribution in [0.4, 0.5) is 0 Å². The molecule has 0 spiro atoms. The fourth-order valence-electron chi connectivity index (χ4n) is 3.04. The molecule has 0 saturated carbocycles. The Kier molecular flexibility index (Phi) is 3.79. The molecule has 100 valence electrons. The van der Waals surface area contributed by atoms with Gasteiger partial charge < -0.3 is 10.6 Å². The highest BCUT2D eigenvalue weighted by Crippen LogP contribution is 2.20. The second-order valence-corrected chi connectivity index (χ2v) is 6.42. The summed E-state index contributed by atoms with van der Waals surface area (Å²) < 4.78 is 0. The van der Waals surface area contributed by atoms with Gasteiger partial charge in [-0.15, -0.1) is 0 Å². The van der Waals surface area contributed by atoms with Crippen LogP contribution in [0.3, 0.4) is 0 Å². The number of benzene rings is 1. The normalized spacial score (nSPS) is 22.4. The van der Waals surface area contributed by atoms with Crippen molar-refractivity contribution in [3.63, 3.8) is 0 Å². The van der Waals surface area contributed by atoms with E-state index in [-0.39, 0.29) is 5.54 Å². The van der Waals surface area contributed by atoms with Crippen molar-refractivity contribution in [1.29, 1.82) is 0 Å². The van der Waals surface area contributed by atoms with Gasteiger partial charge in [-0.2, -0.15) is 0 Å². The summed E-state index contributed by atoms with van der Waals surface area (Å²) in [4.78, 5) is 0. The van der Waals surface area contributed by atoms with E-state index in [2.05, 4.69) is 57.4 Å². The topological polar surface area (TPSA) is 24.1 Å². The van der Waals surface area contributed by atoms with Gasteiger partial charge in [0.2, 0.25) is 0 Å². The van der Waals surface area contributed by atoms with Crippen LogP contribution in [0, 0.1) is 20.8 Å². The second-order valence-electron chi connectivity index (χ2n) is 6.42. The molecule has 0 aliphatic carbocycles. The highest BCUT2D eigenvalue weighted by atomic mass is 15.1. The van der Waals surface area contributed by atoms with E-state index >= 15 is 0 Å². The maximum atomic E-state index is 3.69. The average molecular weight is 246 g/mol. The number of aryl methyl sites for hydroxylation is 3. The highest BCUT2D eigenvalue weighted by molar-refractivity contribution is 5.37. The first kappa shape index (κ1) is 13.6. The molecule has 2 rings (SSSR count). The third-order valence-electron chi connectivity index (χ3n) is 3.99. The van der Waals surface area contributed by atoms with Crippen LogP contribution < -0.4 is 10.6 Å². The molecule has 1 aromatic rings. The van der Waals surface area contributed by atoms with Crippen LogP contribution in [0.25, 0.3) is 0 Å². The number of rotatable bonds is 3. The molecule has 1 aromatic carbocycles. The molecule has 0 aromatic heterocycles. The van der Waals surface area contributed by atoms with Crippen molar-refractivity contribution in [3.8, 4) is 0 Å². The minimum absolute atomic E-state index is 0.287. The molecule has 2 nitrogen and oxygen atoms in total. The summed E-state index contributed by atoms with van der Waals surface area (Å²) in [5, 5.41) is 7.25. The van der Waals surface area contributed by atoms with Crippen LogP contribution in [0.5, 0.6) is 0 Å². The van der Waals surface area contributed by atoms with Gasteiger partial charge in [0.15, 0.2) is 0 Å². The molecule has 0 radical (unpaired) electrons. The molecular formula is C16H26N2. The summed E-state index contributed by atoms with van der Waals surface area (Å²) in [5.41, 5.74) is 5.92. The largest absolute Gasteiger partial charge is 0.310 e.